The van der Waals surface area contributed by atoms with E-state index >= 15 is 0 Å². The maximum absolute atomic E-state index is 12.9. The van der Waals surface area contributed by atoms with Crippen molar-refractivity contribution in [3.05, 3.63) is 54.2 Å². The van der Waals surface area contributed by atoms with E-state index in [1.807, 2.05) is 42.5 Å². The van der Waals surface area contributed by atoms with Gasteiger partial charge in [0.25, 0.3) is 0 Å². The van der Waals surface area contributed by atoms with E-state index in [9.17, 15) is 14.4 Å². The van der Waals surface area contributed by atoms with E-state index in [2.05, 4.69) is 24.1 Å². The second-order valence-corrected chi connectivity index (χ2v) is 8.57. The zero-order valence-corrected chi connectivity index (χ0v) is 18.3. The summed E-state index contributed by atoms with van der Waals surface area (Å²) in [5, 5.41) is 2.87. The number of pyridine rings is 1. The van der Waals surface area contributed by atoms with Crippen molar-refractivity contribution < 1.29 is 14.4 Å². The first-order chi connectivity index (χ1) is 14.9. The lowest BCUT2D eigenvalue weighted by atomic mass is 10.0. The minimum atomic E-state index is -0.495. The van der Waals surface area contributed by atoms with E-state index in [0.717, 1.165) is 23.2 Å². The van der Waals surface area contributed by atoms with E-state index in [1.165, 1.54) is 0 Å². The van der Waals surface area contributed by atoms with Gasteiger partial charge in [-0.2, -0.15) is 0 Å². The molecule has 1 aromatic carbocycles. The average Bonchev–Trinajstić information content (AvgIpc) is 2.94. The molecular formula is C25H31N3O3. The predicted octanol–water partition coefficient (Wildman–Crippen LogP) is 3.40. The number of hydrogen-bond donors (Lipinski definition) is 1. The number of aromatic nitrogens is 1. The SMILES string of the molecule is CC(C)CCC(=O)NC1CCCN(C(=O)Cc2cccc(-c3ccccn3)c2)CC1=O. The van der Waals surface area contributed by atoms with Gasteiger partial charge in [-0.3, -0.25) is 19.4 Å². The highest BCUT2D eigenvalue weighted by Crippen LogP contribution is 2.19. The summed E-state index contributed by atoms with van der Waals surface area (Å²) in [7, 11) is 0. The van der Waals surface area contributed by atoms with E-state index in [1.54, 1.807) is 11.1 Å². The summed E-state index contributed by atoms with van der Waals surface area (Å²) in [6.07, 6.45) is 4.48. The number of amides is 2. The number of hydrogen-bond acceptors (Lipinski definition) is 4. The molecule has 1 unspecified atom stereocenters. The van der Waals surface area contributed by atoms with Gasteiger partial charge in [0.2, 0.25) is 11.8 Å². The zero-order valence-electron chi connectivity index (χ0n) is 18.3. The summed E-state index contributed by atoms with van der Waals surface area (Å²) in [6.45, 7) is 4.72. The molecular weight excluding hydrogens is 390 g/mol. The molecule has 1 saturated heterocycles. The molecule has 1 aromatic heterocycles. The summed E-state index contributed by atoms with van der Waals surface area (Å²) < 4.78 is 0. The number of likely N-dealkylation sites (tertiary alicyclic amines) is 1. The summed E-state index contributed by atoms with van der Waals surface area (Å²) in [4.78, 5) is 43.7. The van der Waals surface area contributed by atoms with E-state index in [4.69, 9.17) is 0 Å². The van der Waals surface area contributed by atoms with Crippen LogP contribution in [0, 0.1) is 5.92 Å². The van der Waals surface area contributed by atoms with Gasteiger partial charge < -0.3 is 10.2 Å². The first-order valence-corrected chi connectivity index (χ1v) is 11.0. The Kier molecular flexibility index (Phi) is 7.93. The van der Waals surface area contributed by atoms with Crippen LogP contribution in [-0.4, -0.2) is 46.6 Å². The summed E-state index contributed by atoms with van der Waals surface area (Å²) >= 11 is 0. The van der Waals surface area contributed by atoms with Crippen LogP contribution in [0.25, 0.3) is 11.3 Å². The lowest BCUT2D eigenvalue weighted by Gasteiger charge is -2.20. The Morgan fingerprint density at radius 2 is 2.03 bits per heavy atom. The second kappa shape index (κ2) is 10.8. The maximum Gasteiger partial charge on any atom is 0.227 e. The van der Waals surface area contributed by atoms with Crippen molar-refractivity contribution in [1.82, 2.24) is 15.2 Å². The molecule has 1 fully saturated rings. The molecule has 2 amide bonds. The maximum atomic E-state index is 12.9. The molecule has 6 nitrogen and oxygen atoms in total. The highest BCUT2D eigenvalue weighted by molar-refractivity contribution is 5.93. The Balaban J connectivity index is 1.58. The van der Waals surface area contributed by atoms with Gasteiger partial charge in [0, 0.05) is 24.7 Å². The van der Waals surface area contributed by atoms with Crippen LogP contribution in [-0.2, 0) is 20.8 Å². The van der Waals surface area contributed by atoms with Crippen LogP contribution in [0.5, 0.6) is 0 Å². The van der Waals surface area contributed by atoms with Gasteiger partial charge >= 0.3 is 0 Å². The Morgan fingerprint density at radius 1 is 1.19 bits per heavy atom. The largest absolute Gasteiger partial charge is 0.346 e. The normalized spacial score (nSPS) is 16.8. The Bertz CT molecular complexity index is 911. The molecule has 1 aliphatic rings. The molecule has 3 rings (SSSR count). The van der Waals surface area contributed by atoms with Crippen molar-refractivity contribution in [2.24, 2.45) is 5.92 Å². The van der Waals surface area contributed by atoms with Crippen molar-refractivity contribution in [1.29, 1.82) is 0 Å². The van der Waals surface area contributed by atoms with Crippen molar-refractivity contribution in [3.63, 3.8) is 0 Å². The Labute approximate surface area is 184 Å². The lowest BCUT2D eigenvalue weighted by molar-refractivity contribution is -0.135. The molecule has 0 radical (unpaired) electrons. The average molecular weight is 422 g/mol. The third kappa shape index (κ3) is 6.74. The molecule has 0 spiro atoms. The van der Waals surface area contributed by atoms with Crippen LogP contribution in [0.1, 0.15) is 45.1 Å². The number of nitrogens with zero attached hydrogens (tertiary/aromatic N) is 2. The summed E-state index contributed by atoms with van der Waals surface area (Å²) in [6, 6.07) is 13.0. The van der Waals surface area contributed by atoms with Crippen molar-refractivity contribution in [2.45, 2.75) is 52.0 Å². The van der Waals surface area contributed by atoms with E-state index in [-0.39, 0.29) is 30.6 Å². The quantitative estimate of drug-likeness (QED) is 0.743. The van der Waals surface area contributed by atoms with Crippen LogP contribution < -0.4 is 5.32 Å². The zero-order chi connectivity index (χ0) is 22.2. The highest BCUT2D eigenvalue weighted by Gasteiger charge is 2.28. The van der Waals surface area contributed by atoms with Crippen molar-refractivity contribution >= 4 is 17.6 Å². The number of rotatable bonds is 7. The fourth-order valence-corrected chi connectivity index (χ4v) is 3.74. The molecule has 1 aliphatic heterocycles. The number of Topliss-reactive ketones (excluding diaryl/α,β-unsaturated/α-hetero) is 1. The first kappa shape index (κ1) is 22.7. The number of carbonyl (C=O) groups excluding carboxylic acids is 3. The number of benzene rings is 1. The Hall–Kier alpha value is -3.02. The lowest BCUT2D eigenvalue weighted by Crippen LogP contribution is -2.44. The molecule has 31 heavy (non-hydrogen) atoms. The molecule has 2 aromatic rings. The summed E-state index contributed by atoms with van der Waals surface area (Å²) in [5.74, 6) is 0.197. The fraction of sp³-hybridized carbons (Fsp3) is 0.440. The highest BCUT2D eigenvalue weighted by atomic mass is 16.2. The monoisotopic (exact) mass is 421 g/mol. The molecule has 164 valence electrons. The van der Waals surface area contributed by atoms with Crippen LogP contribution in [0.15, 0.2) is 48.7 Å². The van der Waals surface area contributed by atoms with Crippen LogP contribution in [0.3, 0.4) is 0 Å². The molecule has 1 N–H and O–H groups in total. The predicted molar refractivity (Wildman–Crippen MR) is 120 cm³/mol. The summed E-state index contributed by atoms with van der Waals surface area (Å²) in [5.41, 5.74) is 2.71. The van der Waals surface area contributed by atoms with Gasteiger partial charge in [-0.05, 0) is 48.9 Å². The van der Waals surface area contributed by atoms with E-state index < -0.39 is 6.04 Å². The smallest absolute Gasteiger partial charge is 0.227 e. The Morgan fingerprint density at radius 3 is 2.77 bits per heavy atom. The fourth-order valence-electron chi connectivity index (χ4n) is 3.74. The van der Waals surface area contributed by atoms with Gasteiger partial charge in [0.05, 0.1) is 24.7 Å². The molecule has 2 heterocycles. The van der Waals surface area contributed by atoms with Gasteiger partial charge in [-0.25, -0.2) is 0 Å². The molecule has 0 bridgehead atoms. The van der Waals surface area contributed by atoms with Gasteiger partial charge in [0.15, 0.2) is 5.78 Å². The number of nitrogens with one attached hydrogen (secondary N) is 1. The molecule has 0 saturated carbocycles. The third-order valence-electron chi connectivity index (χ3n) is 5.54. The van der Waals surface area contributed by atoms with Crippen molar-refractivity contribution in [3.8, 4) is 11.3 Å². The number of carbonyl (C=O) groups is 3. The molecule has 0 aliphatic carbocycles. The minimum absolute atomic E-state index is 0.0495. The number of ketones is 1. The van der Waals surface area contributed by atoms with Crippen LogP contribution >= 0.6 is 0 Å². The molecule has 6 heteroatoms. The standard InChI is InChI=1S/C25H31N3O3/c1-18(2)11-12-24(30)27-22-10-6-14-28(17-23(22)29)25(31)16-19-7-5-8-20(15-19)21-9-3-4-13-26-21/h3-5,7-9,13,15,18,22H,6,10-12,14,16-17H2,1-2H3,(H,27,30). The van der Waals surface area contributed by atoms with Crippen LogP contribution in [0.4, 0.5) is 0 Å². The molecule has 1 atom stereocenters. The van der Waals surface area contributed by atoms with Crippen molar-refractivity contribution in [2.75, 3.05) is 13.1 Å². The first-order valence-electron chi connectivity index (χ1n) is 11.0. The van der Waals surface area contributed by atoms with Crippen LogP contribution in [0.2, 0.25) is 0 Å². The van der Waals surface area contributed by atoms with Gasteiger partial charge in [-0.15, -0.1) is 0 Å². The topological polar surface area (TPSA) is 79.4 Å². The minimum Gasteiger partial charge on any atom is -0.346 e. The van der Waals surface area contributed by atoms with Gasteiger partial charge in [0.1, 0.15) is 0 Å². The second-order valence-electron chi connectivity index (χ2n) is 8.57. The third-order valence-corrected chi connectivity index (χ3v) is 5.54. The van der Waals surface area contributed by atoms with E-state index in [0.29, 0.717) is 31.7 Å². The van der Waals surface area contributed by atoms with Gasteiger partial charge in [-0.1, -0.05) is 38.1 Å².